The van der Waals surface area contributed by atoms with Gasteiger partial charge in [0.2, 0.25) is 0 Å². The Morgan fingerprint density at radius 3 is 1.91 bits per heavy atom. The fourth-order valence-corrected chi connectivity index (χ4v) is 5.46. The van der Waals surface area contributed by atoms with E-state index in [1.165, 1.54) is 17.4 Å². The first-order valence-electron chi connectivity index (χ1n) is 9.04. The molecule has 0 saturated carbocycles. The topological polar surface area (TPSA) is 88.6 Å². The third kappa shape index (κ3) is 5.84. The molecule has 0 fully saturated rings. The van der Waals surface area contributed by atoms with Crippen LogP contribution in [0.2, 0.25) is 5.15 Å². The van der Waals surface area contributed by atoms with Gasteiger partial charge in [-0.25, -0.2) is 15.0 Å². The molecule has 4 aromatic heterocycles. The molecule has 0 aliphatic rings. The second-order valence-electron chi connectivity index (χ2n) is 6.35. The van der Waals surface area contributed by atoms with Crippen molar-refractivity contribution < 1.29 is 4.57 Å². The van der Waals surface area contributed by atoms with Crippen molar-refractivity contribution in [1.29, 1.82) is 0 Å². The second-order valence-corrected chi connectivity index (χ2v) is 15.4. The van der Waals surface area contributed by atoms with E-state index in [1.807, 2.05) is 42.5 Å². The third-order valence-electron chi connectivity index (χ3n) is 4.31. The van der Waals surface area contributed by atoms with Gasteiger partial charge in [0.05, 0.1) is 17.1 Å². The first-order valence-corrected chi connectivity index (χ1v) is 15.5. The number of nitrogens with one attached hydrogen (secondary N) is 1. The lowest BCUT2D eigenvalue weighted by Gasteiger charge is -1.91. The largest absolute Gasteiger partial charge is 0.339 e. The zero-order valence-corrected chi connectivity index (χ0v) is 21.8. The number of thiophene rings is 2. The number of rotatable bonds is 0. The van der Waals surface area contributed by atoms with Gasteiger partial charge in [-0.1, -0.05) is 48.0 Å². The summed E-state index contributed by atoms with van der Waals surface area (Å²) in [6.45, 7) is 0. The molecule has 13 heteroatoms. The van der Waals surface area contributed by atoms with Gasteiger partial charge >= 0.3 is 5.20 Å². The van der Waals surface area contributed by atoms with Gasteiger partial charge in [-0.2, -0.15) is 0 Å². The average Bonchev–Trinajstić information content (AvgIpc) is 3.32. The van der Waals surface area contributed by atoms with E-state index in [9.17, 15) is 9.36 Å². The average molecular weight is 576 g/mol. The highest BCUT2D eigenvalue weighted by Gasteiger charge is 2.09. The molecule has 0 bridgehead atoms. The summed E-state index contributed by atoms with van der Waals surface area (Å²) >= 11 is 23.1. The predicted octanol–water partition coefficient (Wildman–Crippen LogP) is 8.45. The van der Waals surface area contributed by atoms with Crippen LogP contribution in [0.25, 0.3) is 40.6 Å². The molecule has 2 aromatic carbocycles. The maximum Gasteiger partial charge on any atom is 0.339 e. The highest BCUT2D eigenvalue weighted by atomic mass is 36.0. The smallest absolute Gasteiger partial charge is 0.313 e. The molecule has 1 N–H and O–H groups in total. The molecule has 0 aliphatic heterocycles. The molecule has 0 atom stereocenters. The Bertz CT molecular complexity index is 1690. The van der Waals surface area contributed by atoms with Crippen LogP contribution in [0.1, 0.15) is 0 Å². The molecule has 168 valence electrons. The van der Waals surface area contributed by atoms with Crippen LogP contribution in [0.5, 0.6) is 0 Å². The highest BCUT2D eigenvalue weighted by Crippen LogP contribution is 2.61. The van der Waals surface area contributed by atoms with Gasteiger partial charge in [0.1, 0.15) is 21.1 Å². The lowest BCUT2D eigenvalue weighted by Crippen LogP contribution is -2.04. The van der Waals surface area contributed by atoms with Crippen molar-refractivity contribution in [2.75, 3.05) is 0 Å². The standard InChI is InChI=1S/C10H5ClN2S.C10H6N2OS.Cl3OP/c11-9-8-6-3-1-2-4-7(6)14-10(8)13-5-12-9;13-9-8-6-3-1-2-4-7(6)14-10(8)12-5-11-9;1-5(2,3)4/h1-5H;1-5H,(H,11,12,13);. The van der Waals surface area contributed by atoms with Crippen molar-refractivity contribution in [3.05, 3.63) is 76.7 Å². The SMILES string of the molecule is Clc1ncnc2sc3ccccc3c12.O=P(Cl)(Cl)Cl.O=c1[nH]cnc2sc3ccccc3c12. The maximum atomic E-state index is 11.6. The molecular weight excluding hydrogens is 565 g/mol. The van der Waals surface area contributed by atoms with Crippen molar-refractivity contribution in [1.82, 2.24) is 19.9 Å². The fourth-order valence-electron chi connectivity index (χ4n) is 3.08. The van der Waals surface area contributed by atoms with E-state index in [0.717, 1.165) is 30.5 Å². The van der Waals surface area contributed by atoms with Gasteiger partial charge in [-0.3, -0.25) is 9.36 Å². The van der Waals surface area contributed by atoms with Crippen LogP contribution in [-0.2, 0) is 4.57 Å². The molecule has 33 heavy (non-hydrogen) atoms. The number of hydrogen-bond acceptors (Lipinski definition) is 7. The van der Waals surface area contributed by atoms with E-state index in [-0.39, 0.29) is 5.56 Å². The van der Waals surface area contributed by atoms with Crippen molar-refractivity contribution in [3.8, 4) is 0 Å². The Balaban J connectivity index is 0.000000132. The minimum atomic E-state index is -3.22. The normalized spacial score (nSPS) is 11.3. The first kappa shape index (κ1) is 24.4. The van der Waals surface area contributed by atoms with Crippen LogP contribution in [0.4, 0.5) is 0 Å². The highest BCUT2D eigenvalue weighted by molar-refractivity contribution is 8.24. The molecule has 0 saturated heterocycles. The Labute approximate surface area is 213 Å². The van der Waals surface area contributed by atoms with Crippen LogP contribution in [0.3, 0.4) is 0 Å². The summed E-state index contributed by atoms with van der Waals surface area (Å²) in [5, 5.41) is 1.11. The minimum Gasteiger partial charge on any atom is -0.313 e. The van der Waals surface area contributed by atoms with Crippen LogP contribution in [0, 0.1) is 0 Å². The van der Waals surface area contributed by atoms with Gasteiger partial charge in [-0.05, 0) is 45.9 Å². The Kier molecular flexibility index (Phi) is 7.56. The van der Waals surface area contributed by atoms with E-state index in [2.05, 4.69) is 59.7 Å². The number of fused-ring (bicyclic) bond motifs is 6. The van der Waals surface area contributed by atoms with Crippen LogP contribution in [-0.4, -0.2) is 19.9 Å². The molecule has 0 aliphatic carbocycles. The van der Waals surface area contributed by atoms with Crippen molar-refractivity contribution >= 4 is 114 Å². The number of nitrogens with zero attached hydrogens (tertiary/aromatic N) is 3. The van der Waals surface area contributed by atoms with Gasteiger partial charge < -0.3 is 4.98 Å². The molecule has 0 unspecified atom stereocenters. The van der Waals surface area contributed by atoms with Crippen molar-refractivity contribution in [3.63, 3.8) is 0 Å². The lowest BCUT2D eigenvalue weighted by molar-refractivity contribution is 0.600. The van der Waals surface area contributed by atoms with Gasteiger partial charge in [-0.15, -0.1) is 22.7 Å². The monoisotopic (exact) mass is 574 g/mol. The lowest BCUT2D eigenvalue weighted by atomic mass is 10.2. The van der Waals surface area contributed by atoms with E-state index < -0.39 is 5.20 Å². The molecule has 6 rings (SSSR count). The Morgan fingerprint density at radius 1 is 0.788 bits per heavy atom. The van der Waals surface area contributed by atoms with Gasteiger partial charge in [0.15, 0.2) is 0 Å². The zero-order valence-electron chi connectivity index (χ0n) is 16.2. The van der Waals surface area contributed by atoms with E-state index >= 15 is 0 Å². The maximum absolute atomic E-state index is 11.6. The number of hydrogen-bond donors (Lipinski definition) is 1. The summed E-state index contributed by atoms with van der Waals surface area (Å²) < 4.78 is 11.8. The molecule has 0 radical (unpaired) electrons. The molecule has 6 aromatic rings. The zero-order chi connectivity index (χ0) is 23.6. The summed E-state index contributed by atoms with van der Waals surface area (Å²) in [7, 11) is 0. The van der Waals surface area contributed by atoms with E-state index in [0.29, 0.717) is 10.5 Å². The Hall–Kier alpha value is -1.77. The van der Waals surface area contributed by atoms with Crippen LogP contribution >= 0.6 is 73.2 Å². The number of aromatic amines is 1. The fraction of sp³-hybridized carbons (Fsp3) is 0. The number of halogens is 4. The van der Waals surface area contributed by atoms with Crippen LogP contribution in [0.15, 0.2) is 66.0 Å². The molecule has 0 amide bonds. The third-order valence-corrected chi connectivity index (χ3v) is 6.75. The van der Waals surface area contributed by atoms with E-state index in [4.69, 9.17) is 11.6 Å². The first-order chi connectivity index (χ1) is 15.7. The molecule has 4 heterocycles. The summed E-state index contributed by atoms with van der Waals surface area (Å²) in [6, 6.07) is 16.0. The molecular formula is C20H11Cl4N4O2PS2. The van der Waals surface area contributed by atoms with Gasteiger partial charge in [0.25, 0.3) is 5.56 Å². The summed E-state index contributed by atoms with van der Waals surface area (Å²) in [5.74, 6) is 0. The number of H-pyrrole nitrogens is 1. The van der Waals surface area contributed by atoms with Crippen molar-refractivity contribution in [2.24, 2.45) is 0 Å². The van der Waals surface area contributed by atoms with Gasteiger partial charge in [0, 0.05) is 20.2 Å². The summed E-state index contributed by atoms with van der Waals surface area (Å²) in [4.78, 5) is 28.2. The molecule has 6 nitrogen and oxygen atoms in total. The summed E-state index contributed by atoms with van der Waals surface area (Å²) in [5.41, 5.74) is -0.0625. The Morgan fingerprint density at radius 2 is 1.30 bits per heavy atom. The van der Waals surface area contributed by atoms with Crippen molar-refractivity contribution in [2.45, 2.75) is 0 Å². The number of benzene rings is 2. The second kappa shape index (κ2) is 10.2. The number of aromatic nitrogens is 4. The van der Waals surface area contributed by atoms with Crippen LogP contribution < -0.4 is 5.56 Å². The predicted molar refractivity (Wildman–Crippen MR) is 143 cm³/mol. The summed E-state index contributed by atoms with van der Waals surface area (Å²) in [6.07, 6.45) is 2.94. The minimum absolute atomic E-state index is 0.0625. The molecule has 0 spiro atoms. The quantitative estimate of drug-likeness (QED) is 0.145. The van der Waals surface area contributed by atoms with E-state index in [1.54, 1.807) is 22.7 Å².